The zero-order chi connectivity index (χ0) is 15.6. The van der Waals surface area contributed by atoms with Crippen molar-refractivity contribution in [2.45, 2.75) is 18.2 Å². The van der Waals surface area contributed by atoms with Crippen LogP contribution in [0, 0.1) is 17.2 Å². The molecule has 1 atom stereocenters. The lowest BCUT2D eigenvalue weighted by Crippen LogP contribution is -2.28. The first kappa shape index (κ1) is 15.0. The van der Waals surface area contributed by atoms with E-state index in [-0.39, 0.29) is 23.1 Å². The van der Waals surface area contributed by atoms with E-state index in [1.807, 2.05) is 10.8 Å². The topological polar surface area (TPSA) is 107 Å². The normalized spacial score (nSPS) is 18.4. The number of rotatable bonds is 3. The summed E-state index contributed by atoms with van der Waals surface area (Å²) >= 11 is 0. The summed E-state index contributed by atoms with van der Waals surface area (Å²) in [5.41, 5.74) is 0.527. The first-order chi connectivity index (χ1) is 9.83. The van der Waals surface area contributed by atoms with Gasteiger partial charge >= 0.3 is 0 Å². The van der Waals surface area contributed by atoms with Gasteiger partial charge in [-0.25, -0.2) is 13.1 Å². The van der Waals surface area contributed by atoms with Gasteiger partial charge in [0.1, 0.15) is 0 Å². The SMILES string of the molecule is CC(=O)NS(=O)(=O)c1ccc(N2CC(C#N)CC2=O)cc1. The largest absolute Gasteiger partial charge is 0.311 e. The summed E-state index contributed by atoms with van der Waals surface area (Å²) in [4.78, 5) is 24.0. The molecule has 1 saturated heterocycles. The second-order valence-corrected chi connectivity index (χ2v) is 6.37. The Morgan fingerprint density at radius 1 is 1.38 bits per heavy atom. The fraction of sp³-hybridized carbons (Fsp3) is 0.308. The number of sulfonamides is 1. The highest BCUT2D eigenvalue weighted by molar-refractivity contribution is 7.90. The van der Waals surface area contributed by atoms with Crippen molar-refractivity contribution in [2.75, 3.05) is 11.4 Å². The molecule has 0 spiro atoms. The molecule has 1 heterocycles. The molecule has 0 radical (unpaired) electrons. The summed E-state index contributed by atoms with van der Waals surface area (Å²) in [5, 5.41) is 8.83. The Morgan fingerprint density at radius 3 is 2.48 bits per heavy atom. The van der Waals surface area contributed by atoms with Crippen molar-refractivity contribution < 1.29 is 18.0 Å². The number of carbonyl (C=O) groups is 2. The summed E-state index contributed by atoms with van der Waals surface area (Å²) in [5.74, 6) is -1.19. The van der Waals surface area contributed by atoms with E-state index in [1.54, 1.807) is 0 Å². The molecule has 0 aliphatic carbocycles. The first-order valence-electron chi connectivity index (χ1n) is 6.17. The van der Waals surface area contributed by atoms with Crippen LogP contribution in [-0.4, -0.2) is 26.8 Å². The number of amides is 2. The van der Waals surface area contributed by atoms with Crippen molar-refractivity contribution in [3.05, 3.63) is 24.3 Å². The standard InChI is InChI=1S/C13H13N3O4S/c1-9(17)15-21(19,20)12-4-2-11(3-5-12)16-8-10(7-14)6-13(16)18/h2-5,10H,6,8H2,1H3,(H,15,17). The van der Waals surface area contributed by atoms with Gasteiger partial charge in [0.15, 0.2) is 0 Å². The molecule has 2 rings (SSSR count). The molecule has 1 unspecified atom stereocenters. The fourth-order valence-corrected chi connectivity index (χ4v) is 3.09. The minimum atomic E-state index is -3.88. The van der Waals surface area contributed by atoms with Crippen LogP contribution in [-0.2, 0) is 19.6 Å². The van der Waals surface area contributed by atoms with Crippen molar-refractivity contribution in [1.29, 1.82) is 5.26 Å². The van der Waals surface area contributed by atoms with Crippen LogP contribution >= 0.6 is 0 Å². The van der Waals surface area contributed by atoms with Crippen molar-refractivity contribution in [3.8, 4) is 6.07 Å². The van der Waals surface area contributed by atoms with Crippen LogP contribution in [0.25, 0.3) is 0 Å². The Labute approximate surface area is 122 Å². The van der Waals surface area contributed by atoms with E-state index in [0.29, 0.717) is 12.2 Å². The van der Waals surface area contributed by atoms with Crippen molar-refractivity contribution >= 4 is 27.5 Å². The number of nitriles is 1. The Morgan fingerprint density at radius 2 is 2.00 bits per heavy atom. The fourth-order valence-electron chi connectivity index (χ4n) is 2.10. The van der Waals surface area contributed by atoms with E-state index in [9.17, 15) is 18.0 Å². The predicted molar refractivity (Wildman–Crippen MR) is 73.5 cm³/mol. The highest BCUT2D eigenvalue weighted by Gasteiger charge is 2.30. The van der Waals surface area contributed by atoms with Gasteiger partial charge in [-0.1, -0.05) is 0 Å². The Hall–Kier alpha value is -2.40. The van der Waals surface area contributed by atoms with Crippen LogP contribution < -0.4 is 9.62 Å². The van der Waals surface area contributed by atoms with Crippen LogP contribution in [0.5, 0.6) is 0 Å². The third kappa shape index (κ3) is 3.20. The molecule has 0 aromatic heterocycles. The molecule has 1 aromatic carbocycles. The summed E-state index contributed by atoms with van der Waals surface area (Å²) in [6.45, 7) is 1.41. The van der Waals surface area contributed by atoms with Crippen LogP contribution in [0.3, 0.4) is 0 Å². The molecule has 21 heavy (non-hydrogen) atoms. The smallest absolute Gasteiger partial charge is 0.264 e. The summed E-state index contributed by atoms with van der Waals surface area (Å²) in [6.07, 6.45) is 0.169. The Balaban J connectivity index is 2.22. The lowest BCUT2D eigenvalue weighted by Gasteiger charge is -2.16. The third-order valence-electron chi connectivity index (χ3n) is 3.04. The molecule has 1 aliphatic heterocycles. The van der Waals surface area contributed by atoms with Gasteiger partial charge in [-0.15, -0.1) is 0 Å². The Bertz CT molecular complexity index is 719. The van der Waals surface area contributed by atoms with Gasteiger partial charge in [0, 0.05) is 25.6 Å². The number of hydrogen-bond donors (Lipinski definition) is 1. The molecule has 8 heteroatoms. The van der Waals surface area contributed by atoms with Gasteiger partial charge in [0.25, 0.3) is 10.0 Å². The minimum Gasteiger partial charge on any atom is -0.311 e. The highest BCUT2D eigenvalue weighted by Crippen LogP contribution is 2.25. The zero-order valence-electron chi connectivity index (χ0n) is 11.2. The summed E-state index contributed by atoms with van der Waals surface area (Å²) in [6, 6.07) is 7.63. The van der Waals surface area contributed by atoms with Gasteiger partial charge in [-0.05, 0) is 24.3 Å². The van der Waals surface area contributed by atoms with Crippen molar-refractivity contribution in [1.82, 2.24) is 4.72 Å². The quantitative estimate of drug-likeness (QED) is 0.869. The van der Waals surface area contributed by atoms with Crippen LogP contribution in [0.4, 0.5) is 5.69 Å². The summed E-state index contributed by atoms with van der Waals surface area (Å²) in [7, 11) is -3.88. The molecule has 1 N–H and O–H groups in total. The third-order valence-corrected chi connectivity index (χ3v) is 4.49. The minimum absolute atomic E-state index is 0.0649. The van der Waals surface area contributed by atoms with Crippen molar-refractivity contribution in [3.63, 3.8) is 0 Å². The molecule has 7 nitrogen and oxygen atoms in total. The maximum atomic E-state index is 11.8. The second kappa shape index (κ2) is 5.54. The maximum Gasteiger partial charge on any atom is 0.264 e. The van der Waals surface area contributed by atoms with E-state index >= 15 is 0 Å². The molecular weight excluding hydrogens is 294 g/mol. The monoisotopic (exact) mass is 307 g/mol. The van der Waals surface area contributed by atoms with Crippen LogP contribution in [0.15, 0.2) is 29.2 Å². The average Bonchev–Trinajstić information content (AvgIpc) is 2.79. The molecule has 110 valence electrons. The molecule has 1 aliphatic rings. The predicted octanol–water partition coefficient (Wildman–Crippen LogP) is 0.388. The number of benzene rings is 1. The Kier molecular flexibility index (Phi) is 3.95. The van der Waals surface area contributed by atoms with Gasteiger partial charge < -0.3 is 4.90 Å². The van der Waals surface area contributed by atoms with E-state index in [2.05, 4.69) is 0 Å². The molecule has 1 fully saturated rings. The van der Waals surface area contributed by atoms with E-state index in [0.717, 1.165) is 6.92 Å². The van der Waals surface area contributed by atoms with Crippen LogP contribution in [0.2, 0.25) is 0 Å². The molecular formula is C13H13N3O4S. The van der Waals surface area contributed by atoms with Gasteiger partial charge in [-0.2, -0.15) is 5.26 Å². The summed E-state index contributed by atoms with van der Waals surface area (Å²) < 4.78 is 25.4. The van der Waals surface area contributed by atoms with Crippen molar-refractivity contribution in [2.24, 2.45) is 5.92 Å². The first-order valence-corrected chi connectivity index (χ1v) is 7.65. The number of nitrogens with zero attached hydrogens (tertiary/aromatic N) is 2. The zero-order valence-corrected chi connectivity index (χ0v) is 12.1. The number of carbonyl (C=O) groups excluding carboxylic acids is 2. The second-order valence-electron chi connectivity index (χ2n) is 4.69. The number of nitrogens with one attached hydrogen (secondary N) is 1. The lowest BCUT2D eigenvalue weighted by atomic mass is 10.1. The van der Waals surface area contributed by atoms with Gasteiger partial charge in [-0.3, -0.25) is 9.59 Å². The lowest BCUT2D eigenvalue weighted by molar-refractivity contribution is -0.118. The number of hydrogen-bond acceptors (Lipinski definition) is 5. The average molecular weight is 307 g/mol. The van der Waals surface area contributed by atoms with E-state index in [4.69, 9.17) is 5.26 Å². The number of anilines is 1. The van der Waals surface area contributed by atoms with E-state index < -0.39 is 15.9 Å². The van der Waals surface area contributed by atoms with E-state index in [1.165, 1.54) is 29.2 Å². The van der Waals surface area contributed by atoms with Gasteiger partial charge in [0.05, 0.1) is 16.9 Å². The molecule has 2 amide bonds. The van der Waals surface area contributed by atoms with Gasteiger partial charge in [0.2, 0.25) is 11.8 Å². The maximum absolute atomic E-state index is 11.8. The molecule has 1 aromatic rings. The highest BCUT2D eigenvalue weighted by atomic mass is 32.2. The molecule has 0 bridgehead atoms. The molecule has 0 saturated carbocycles. The van der Waals surface area contributed by atoms with Crippen LogP contribution in [0.1, 0.15) is 13.3 Å².